The van der Waals surface area contributed by atoms with Gasteiger partial charge in [-0.25, -0.2) is 13.9 Å². The summed E-state index contributed by atoms with van der Waals surface area (Å²) in [5, 5.41) is 4.77. The molecule has 28 heavy (non-hydrogen) atoms. The molecule has 1 aliphatic rings. The van der Waals surface area contributed by atoms with Crippen LogP contribution in [-0.2, 0) is 17.6 Å². The number of ether oxygens (including phenoxy) is 1. The molecule has 7 heteroatoms. The molecule has 2 aromatic heterocycles. The van der Waals surface area contributed by atoms with Gasteiger partial charge in [0.15, 0.2) is 11.9 Å². The molecule has 146 valence electrons. The molecule has 0 radical (unpaired) electrons. The third-order valence-corrected chi connectivity index (χ3v) is 5.25. The number of aldehydes is 1. The van der Waals surface area contributed by atoms with E-state index in [9.17, 15) is 9.18 Å². The Morgan fingerprint density at radius 2 is 2.07 bits per heavy atom. The molecule has 1 aromatic carbocycles. The van der Waals surface area contributed by atoms with Crippen LogP contribution in [0.4, 0.5) is 10.2 Å². The van der Waals surface area contributed by atoms with E-state index in [-0.39, 0.29) is 5.82 Å². The number of rotatable bonds is 5. The number of halogens is 1. The lowest BCUT2D eigenvalue weighted by atomic mass is 10.00. The second-order valence-corrected chi connectivity index (χ2v) is 6.99. The van der Waals surface area contributed by atoms with E-state index in [1.165, 1.54) is 6.07 Å². The first kappa shape index (κ1) is 18.6. The minimum absolute atomic E-state index is 0.223. The minimum Gasteiger partial charge on any atom is -0.378 e. The van der Waals surface area contributed by atoms with Gasteiger partial charge in [-0.1, -0.05) is 19.1 Å². The summed E-state index contributed by atoms with van der Waals surface area (Å²) in [6, 6.07) is 7.06. The number of aromatic nitrogens is 3. The molecule has 1 saturated heterocycles. The molecule has 3 heterocycles. The van der Waals surface area contributed by atoms with Gasteiger partial charge in [0.2, 0.25) is 0 Å². The molecule has 0 bridgehead atoms. The zero-order chi connectivity index (χ0) is 19.7. The van der Waals surface area contributed by atoms with E-state index in [0.717, 1.165) is 36.3 Å². The van der Waals surface area contributed by atoms with Gasteiger partial charge in [-0.15, -0.1) is 5.10 Å². The molecular weight excluding hydrogens is 359 g/mol. The van der Waals surface area contributed by atoms with Gasteiger partial charge in [0, 0.05) is 19.5 Å². The second-order valence-electron chi connectivity index (χ2n) is 6.99. The van der Waals surface area contributed by atoms with Crippen LogP contribution in [0.2, 0.25) is 0 Å². The van der Waals surface area contributed by atoms with E-state index in [0.29, 0.717) is 48.7 Å². The SMILES string of the molecule is CCc1c(F)cccc1Cc1c(C=O)nc2c(C)cc(N3CCOCC3)nn12. The lowest BCUT2D eigenvalue weighted by Gasteiger charge is -2.28. The molecule has 0 N–H and O–H groups in total. The monoisotopic (exact) mass is 382 g/mol. The van der Waals surface area contributed by atoms with Crippen LogP contribution in [0.25, 0.3) is 5.65 Å². The van der Waals surface area contributed by atoms with E-state index in [4.69, 9.17) is 9.84 Å². The van der Waals surface area contributed by atoms with Crippen LogP contribution < -0.4 is 4.90 Å². The number of morpholine rings is 1. The normalized spacial score (nSPS) is 14.6. The third-order valence-electron chi connectivity index (χ3n) is 5.25. The number of anilines is 1. The standard InChI is InChI=1S/C21H23FN4O2/c1-3-16-15(5-4-6-17(16)22)12-19-18(13-27)23-21-14(2)11-20(24-26(19)21)25-7-9-28-10-8-25/h4-6,11,13H,3,7-10,12H2,1-2H3. The van der Waals surface area contributed by atoms with Gasteiger partial charge in [-0.05, 0) is 42.2 Å². The minimum atomic E-state index is -0.223. The zero-order valence-corrected chi connectivity index (χ0v) is 16.1. The van der Waals surface area contributed by atoms with Gasteiger partial charge < -0.3 is 9.64 Å². The first-order valence-corrected chi connectivity index (χ1v) is 9.55. The summed E-state index contributed by atoms with van der Waals surface area (Å²) >= 11 is 0. The van der Waals surface area contributed by atoms with Crippen molar-refractivity contribution in [3.63, 3.8) is 0 Å². The molecule has 0 atom stereocenters. The number of imidazole rings is 1. The second kappa shape index (κ2) is 7.67. The Balaban J connectivity index is 1.83. The molecule has 0 aliphatic carbocycles. The van der Waals surface area contributed by atoms with Crippen molar-refractivity contribution in [2.45, 2.75) is 26.7 Å². The number of hydrogen-bond acceptors (Lipinski definition) is 5. The van der Waals surface area contributed by atoms with Gasteiger partial charge in [0.25, 0.3) is 0 Å². The number of hydrogen-bond donors (Lipinski definition) is 0. The fraction of sp³-hybridized carbons (Fsp3) is 0.381. The van der Waals surface area contributed by atoms with E-state index >= 15 is 0 Å². The summed E-state index contributed by atoms with van der Waals surface area (Å²) in [5.74, 6) is 0.610. The first-order valence-electron chi connectivity index (χ1n) is 9.55. The van der Waals surface area contributed by atoms with Crippen molar-refractivity contribution >= 4 is 17.8 Å². The number of benzene rings is 1. The summed E-state index contributed by atoms with van der Waals surface area (Å²) in [6.07, 6.45) is 1.73. The Bertz CT molecular complexity index is 1020. The van der Waals surface area contributed by atoms with E-state index in [1.54, 1.807) is 10.6 Å². The van der Waals surface area contributed by atoms with Crippen LogP contribution in [-0.4, -0.2) is 47.2 Å². The topological polar surface area (TPSA) is 59.7 Å². The van der Waals surface area contributed by atoms with E-state index in [1.807, 2.05) is 26.0 Å². The average Bonchev–Trinajstić information content (AvgIpc) is 3.07. The number of nitrogens with zero attached hydrogens (tertiary/aromatic N) is 4. The predicted octanol–water partition coefficient (Wildman–Crippen LogP) is 2.98. The lowest BCUT2D eigenvalue weighted by molar-refractivity contribution is 0.111. The number of fused-ring (bicyclic) bond motifs is 1. The summed E-state index contributed by atoms with van der Waals surface area (Å²) in [7, 11) is 0. The molecule has 1 aliphatic heterocycles. The highest BCUT2D eigenvalue weighted by Crippen LogP contribution is 2.24. The highest BCUT2D eigenvalue weighted by Gasteiger charge is 2.20. The van der Waals surface area contributed by atoms with Crippen molar-refractivity contribution in [3.8, 4) is 0 Å². The van der Waals surface area contributed by atoms with Crippen molar-refractivity contribution in [1.82, 2.24) is 14.6 Å². The zero-order valence-electron chi connectivity index (χ0n) is 16.1. The van der Waals surface area contributed by atoms with Gasteiger partial charge in [0.05, 0.1) is 18.9 Å². The summed E-state index contributed by atoms with van der Waals surface area (Å²) in [5.41, 5.74) is 4.15. The highest BCUT2D eigenvalue weighted by molar-refractivity contribution is 5.76. The van der Waals surface area contributed by atoms with Crippen LogP contribution in [0.1, 0.15) is 39.8 Å². The van der Waals surface area contributed by atoms with Crippen LogP contribution in [0.15, 0.2) is 24.3 Å². The van der Waals surface area contributed by atoms with Crippen molar-refractivity contribution in [2.24, 2.45) is 0 Å². The Labute approximate surface area is 162 Å². The Morgan fingerprint density at radius 3 is 2.79 bits per heavy atom. The molecule has 0 saturated carbocycles. The number of carbonyl (C=O) groups excluding carboxylic acids is 1. The van der Waals surface area contributed by atoms with Crippen molar-refractivity contribution < 1.29 is 13.9 Å². The first-order chi connectivity index (χ1) is 13.6. The molecule has 3 aromatic rings. The molecule has 4 rings (SSSR count). The van der Waals surface area contributed by atoms with Gasteiger partial charge in [-0.2, -0.15) is 0 Å². The van der Waals surface area contributed by atoms with E-state index < -0.39 is 0 Å². The smallest absolute Gasteiger partial charge is 0.170 e. The van der Waals surface area contributed by atoms with Crippen molar-refractivity contribution in [3.05, 3.63) is 58.2 Å². The summed E-state index contributed by atoms with van der Waals surface area (Å²) in [6.45, 7) is 6.76. The summed E-state index contributed by atoms with van der Waals surface area (Å²) in [4.78, 5) is 18.4. The summed E-state index contributed by atoms with van der Waals surface area (Å²) < 4.78 is 21.4. The fourth-order valence-corrected chi connectivity index (χ4v) is 3.77. The van der Waals surface area contributed by atoms with Crippen LogP contribution >= 0.6 is 0 Å². The lowest BCUT2D eigenvalue weighted by Crippen LogP contribution is -2.37. The maximum Gasteiger partial charge on any atom is 0.170 e. The molecule has 6 nitrogen and oxygen atoms in total. The Kier molecular flexibility index (Phi) is 5.09. The predicted molar refractivity (Wildman–Crippen MR) is 105 cm³/mol. The third kappa shape index (κ3) is 3.26. The number of carbonyl (C=O) groups is 1. The number of aryl methyl sites for hydroxylation is 1. The maximum atomic E-state index is 14.2. The van der Waals surface area contributed by atoms with Gasteiger partial charge in [-0.3, -0.25) is 4.79 Å². The van der Waals surface area contributed by atoms with Crippen molar-refractivity contribution in [1.29, 1.82) is 0 Å². The highest BCUT2D eigenvalue weighted by atomic mass is 19.1. The largest absolute Gasteiger partial charge is 0.378 e. The van der Waals surface area contributed by atoms with E-state index in [2.05, 4.69) is 9.88 Å². The Morgan fingerprint density at radius 1 is 1.29 bits per heavy atom. The molecule has 0 unspecified atom stereocenters. The molecule has 0 spiro atoms. The van der Waals surface area contributed by atoms with Crippen molar-refractivity contribution in [2.75, 3.05) is 31.2 Å². The van der Waals surface area contributed by atoms with Gasteiger partial charge in [0.1, 0.15) is 17.3 Å². The quantitative estimate of drug-likeness (QED) is 0.635. The van der Waals surface area contributed by atoms with Crippen LogP contribution in [0, 0.1) is 12.7 Å². The maximum absolute atomic E-state index is 14.2. The molecule has 1 fully saturated rings. The Hall–Kier alpha value is -2.80. The molecule has 0 amide bonds. The van der Waals surface area contributed by atoms with Crippen LogP contribution in [0.5, 0.6) is 0 Å². The average molecular weight is 382 g/mol. The van der Waals surface area contributed by atoms with Crippen LogP contribution in [0.3, 0.4) is 0 Å². The fourth-order valence-electron chi connectivity index (χ4n) is 3.77. The van der Waals surface area contributed by atoms with Gasteiger partial charge >= 0.3 is 0 Å². The molecular formula is C21H23FN4O2.